The Morgan fingerprint density at radius 1 is 0.618 bits per heavy atom. The third-order valence-electron chi connectivity index (χ3n) is 7.83. The van der Waals surface area contributed by atoms with E-state index in [9.17, 15) is 8.78 Å². The zero-order valence-corrected chi connectivity index (χ0v) is 20.7. The molecule has 11 heteroatoms. The molecule has 1 saturated carbocycles. The van der Waals surface area contributed by atoms with Gasteiger partial charge in [-0.25, -0.2) is 0 Å². The largest absolute Gasteiger partial charge is 0.380 e. The van der Waals surface area contributed by atoms with Gasteiger partial charge < -0.3 is 14.2 Å². The Kier molecular flexibility index (Phi) is 5.52. The number of thioether (sulfide) groups is 2. The summed E-state index contributed by atoms with van der Waals surface area (Å²) in [5, 5.41) is 0. The standard InChI is InChI=1S/C23H24F6O3S2/c1-11-13-9-31-7-5-30-6-8-32-10-14-12(2)34-18-16-15(17(33-11)19(13,3)20(14,18)4)21(24,25)23(28,29)22(16,26)27/h5-10H2,1-4H3. The van der Waals surface area contributed by atoms with E-state index in [2.05, 4.69) is 0 Å². The Morgan fingerprint density at radius 3 is 1.35 bits per heavy atom. The number of allylic oxidation sites excluding steroid dienone is 6. The number of hydrogen-bond acceptors (Lipinski definition) is 5. The van der Waals surface area contributed by atoms with Gasteiger partial charge in [0.05, 0.1) is 39.6 Å². The van der Waals surface area contributed by atoms with E-state index in [0.717, 1.165) is 23.5 Å². The highest BCUT2D eigenvalue weighted by Gasteiger charge is 2.85. The lowest BCUT2D eigenvalue weighted by molar-refractivity contribution is -0.258. The summed E-state index contributed by atoms with van der Waals surface area (Å²) in [6.07, 6.45) is 0. The molecule has 2 atom stereocenters. The molecule has 0 aromatic heterocycles. The summed E-state index contributed by atoms with van der Waals surface area (Å²) in [6, 6.07) is 0. The Bertz CT molecular complexity index is 1010. The molecule has 2 fully saturated rings. The van der Waals surface area contributed by atoms with Gasteiger partial charge in [-0.15, -0.1) is 0 Å². The highest BCUT2D eigenvalue weighted by Crippen LogP contribution is 2.79. The molecule has 5 aliphatic rings. The molecule has 0 aromatic rings. The van der Waals surface area contributed by atoms with Crippen molar-refractivity contribution < 1.29 is 40.6 Å². The fourth-order valence-corrected chi connectivity index (χ4v) is 8.90. The minimum Gasteiger partial charge on any atom is -0.377 e. The van der Waals surface area contributed by atoms with Gasteiger partial charge in [0, 0.05) is 31.8 Å². The zero-order valence-electron chi connectivity index (χ0n) is 19.1. The number of fused-ring (bicyclic) bond motifs is 1. The van der Waals surface area contributed by atoms with Crippen molar-refractivity contribution in [2.24, 2.45) is 10.8 Å². The zero-order chi connectivity index (χ0) is 24.9. The molecule has 1 saturated heterocycles. The van der Waals surface area contributed by atoms with Gasteiger partial charge >= 0.3 is 17.8 Å². The van der Waals surface area contributed by atoms with Crippen molar-refractivity contribution in [3.63, 3.8) is 0 Å². The molecule has 2 aliphatic carbocycles. The van der Waals surface area contributed by atoms with Crippen molar-refractivity contribution in [1.82, 2.24) is 0 Å². The maximum atomic E-state index is 15.3. The Hall–Kier alpha value is -0.880. The van der Waals surface area contributed by atoms with E-state index in [0.29, 0.717) is 34.2 Å². The van der Waals surface area contributed by atoms with Gasteiger partial charge in [-0.2, -0.15) is 26.3 Å². The highest BCUT2D eigenvalue weighted by atomic mass is 32.2. The van der Waals surface area contributed by atoms with Crippen LogP contribution in [0.3, 0.4) is 0 Å². The summed E-state index contributed by atoms with van der Waals surface area (Å²) in [6.45, 7) is 7.92. The first-order chi connectivity index (χ1) is 15.8. The maximum Gasteiger partial charge on any atom is 0.380 e. The van der Waals surface area contributed by atoms with Crippen LogP contribution in [-0.4, -0.2) is 57.4 Å². The van der Waals surface area contributed by atoms with Crippen LogP contribution in [0.15, 0.2) is 41.9 Å². The van der Waals surface area contributed by atoms with Crippen LogP contribution in [0, 0.1) is 10.8 Å². The normalized spacial score (nSPS) is 36.9. The first-order valence-electron chi connectivity index (χ1n) is 10.9. The number of ether oxygens (including phenoxy) is 3. The van der Waals surface area contributed by atoms with E-state index in [4.69, 9.17) is 14.2 Å². The second kappa shape index (κ2) is 7.57. The third-order valence-corrected chi connectivity index (χ3v) is 10.6. The summed E-state index contributed by atoms with van der Waals surface area (Å²) < 4.78 is 108. The minimum absolute atomic E-state index is 0.0455. The van der Waals surface area contributed by atoms with Crippen LogP contribution >= 0.6 is 23.5 Å². The summed E-state index contributed by atoms with van der Waals surface area (Å²) in [5.74, 6) is -15.6. The van der Waals surface area contributed by atoms with Gasteiger partial charge in [0.15, 0.2) is 0 Å². The molecule has 0 N–H and O–H groups in total. The fourth-order valence-electron chi connectivity index (χ4n) is 5.79. The number of hydrogen-bond donors (Lipinski definition) is 0. The molecule has 3 aliphatic heterocycles. The predicted molar refractivity (Wildman–Crippen MR) is 118 cm³/mol. The Balaban J connectivity index is 1.84. The first-order valence-corrected chi connectivity index (χ1v) is 12.5. The lowest BCUT2D eigenvalue weighted by Crippen LogP contribution is -2.47. The van der Waals surface area contributed by atoms with Gasteiger partial charge in [0.1, 0.15) is 0 Å². The molecular formula is C23H24F6O3S2. The van der Waals surface area contributed by atoms with E-state index in [-0.39, 0.29) is 36.2 Å². The van der Waals surface area contributed by atoms with Gasteiger partial charge in [0.2, 0.25) is 0 Å². The van der Waals surface area contributed by atoms with Gasteiger partial charge in [-0.3, -0.25) is 0 Å². The summed E-state index contributed by atoms with van der Waals surface area (Å²) >= 11 is 1.76. The molecule has 0 bridgehead atoms. The highest BCUT2D eigenvalue weighted by molar-refractivity contribution is 8.07. The van der Waals surface area contributed by atoms with Gasteiger partial charge in [-0.1, -0.05) is 23.5 Å². The molecule has 3 nitrogen and oxygen atoms in total. The predicted octanol–water partition coefficient (Wildman–Crippen LogP) is 6.55. The third kappa shape index (κ3) is 2.71. The van der Waals surface area contributed by atoms with Crippen LogP contribution in [0.2, 0.25) is 0 Å². The van der Waals surface area contributed by atoms with Crippen molar-refractivity contribution in [3.05, 3.63) is 41.9 Å². The molecule has 3 heterocycles. The quantitative estimate of drug-likeness (QED) is 0.334. The second-order valence-electron chi connectivity index (χ2n) is 9.37. The van der Waals surface area contributed by atoms with Gasteiger partial charge in [0.25, 0.3) is 0 Å². The van der Waals surface area contributed by atoms with Crippen molar-refractivity contribution in [1.29, 1.82) is 0 Å². The lowest BCUT2D eigenvalue weighted by atomic mass is 9.54. The summed E-state index contributed by atoms with van der Waals surface area (Å²) in [5.41, 5.74) is -3.78. The maximum absolute atomic E-state index is 15.3. The van der Waals surface area contributed by atoms with Crippen LogP contribution < -0.4 is 0 Å². The van der Waals surface area contributed by atoms with Crippen LogP contribution in [0.5, 0.6) is 0 Å². The monoisotopic (exact) mass is 526 g/mol. The number of alkyl halides is 6. The van der Waals surface area contributed by atoms with E-state index >= 15 is 17.6 Å². The van der Waals surface area contributed by atoms with Crippen LogP contribution in [0.25, 0.3) is 0 Å². The van der Waals surface area contributed by atoms with Crippen LogP contribution in [0.4, 0.5) is 26.3 Å². The molecule has 0 amide bonds. The molecule has 0 radical (unpaired) electrons. The molecular weight excluding hydrogens is 502 g/mol. The fraction of sp³-hybridized carbons (Fsp3) is 0.652. The lowest BCUT2D eigenvalue weighted by Gasteiger charge is -2.50. The Labute approximate surface area is 202 Å². The molecule has 188 valence electrons. The number of rotatable bonds is 0. The average molecular weight is 527 g/mol. The SMILES string of the molecule is CC1=C2COCCOCCOCC3=C(C)SC4=C5C(=C(S1)C2(C)C34C)C(F)(F)C(F)(F)C5(F)F. The van der Waals surface area contributed by atoms with Crippen molar-refractivity contribution in [2.45, 2.75) is 45.5 Å². The van der Waals surface area contributed by atoms with Crippen molar-refractivity contribution in [2.75, 3.05) is 39.6 Å². The Morgan fingerprint density at radius 2 is 0.971 bits per heavy atom. The van der Waals surface area contributed by atoms with E-state index in [1.807, 2.05) is 0 Å². The van der Waals surface area contributed by atoms with Crippen LogP contribution in [0.1, 0.15) is 27.7 Å². The van der Waals surface area contributed by atoms with E-state index < -0.39 is 39.7 Å². The topological polar surface area (TPSA) is 27.7 Å². The smallest absolute Gasteiger partial charge is 0.377 e. The first kappa shape index (κ1) is 24.8. The van der Waals surface area contributed by atoms with Crippen LogP contribution in [-0.2, 0) is 14.2 Å². The molecule has 5 rings (SSSR count). The van der Waals surface area contributed by atoms with Gasteiger partial charge in [-0.05, 0) is 48.7 Å². The van der Waals surface area contributed by atoms with Crippen molar-refractivity contribution >= 4 is 23.5 Å². The van der Waals surface area contributed by atoms with E-state index in [1.165, 1.54) is 0 Å². The van der Waals surface area contributed by atoms with E-state index in [1.54, 1.807) is 27.7 Å². The minimum atomic E-state index is -5.55. The summed E-state index contributed by atoms with van der Waals surface area (Å²) in [4.78, 5) is 0.884. The average Bonchev–Trinajstić information content (AvgIpc) is 3.19. The summed E-state index contributed by atoms with van der Waals surface area (Å²) in [7, 11) is 0. The molecule has 0 aromatic carbocycles. The van der Waals surface area contributed by atoms with Crippen molar-refractivity contribution in [3.8, 4) is 0 Å². The molecule has 0 spiro atoms. The second-order valence-corrected chi connectivity index (χ2v) is 11.8. The molecule has 2 unspecified atom stereocenters. The number of halogens is 6. The molecule has 34 heavy (non-hydrogen) atoms.